The lowest BCUT2D eigenvalue weighted by Gasteiger charge is -2.37. The molecule has 0 aromatic rings. The molecule has 0 heterocycles. The van der Waals surface area contributed by atoms with E-state index < -0.39 is 18.6 Å². The molecule has 0 radical (unpaired) electrons. The van der Waals surface area contributed by atoms with Gasteiger partial charge in [0.15, 0.2) is 0 Å². The van der Waals surface area contributed by atoms with E-state index in [1.54, 1.807) is 0 Å². The van der Waals surface area contributed by atoms with Gasteiger partial charge in [0.25, 0.3) is 0 Å². The predicted octanol–water partition coefficient (Wildman–Crippen LogP) is -0.391. The summed E-state index contributed by atoms with van der Waals surface area (Å²) in [6.45, 7) is 0.708. The Morgan fingerprint density at radius 1 is 1.45 bits per heavy atom. The summed E-state index contributed by atoms with van der Waals surface area (Å²) in [6, 6.07) is 0. The van der Waals surface area contributed by atoms with Crippen LogP contribution >= 0.6 is 0 Å². The number of nitrogens with two attached hydrogens (primary N) is 1. The molecule has 114 valence electrons. The Balaban J connectivity index is 2.10. The SMILES string of the molecule is CN(C)C[C@]12C[C@H]1CC(CCCB(O)O)C2(N)C(=O)O. The summed E-state index contributed by atoms with van der Waals surface area (Å²) in [6.07, 6.45) is 3.26. The summed E-state index contributed by atoms with van der Waals surface area (Å²) in [5.74, 6) is -0.582. The van der Waals surface area contributed by atoms with Crippen LogP contribution in [0, 0.1) is 17.3 Å². The number of fused-ring (bicyclic) bond motifs is 1. The van der Waals surface area contributed by atoms with E-state index in [-0.39, 0.29) is 17.7 Å². The number of carbonyl (C=O) groups is 1. The second kappa shape index (κ2) is 5.29. The average molecular weight is 284 g/mol. The molecule has 2 rings (SSSR count). The van der Waals surface area contributed by atoms with Crippen LogP contribution in [0.5, 0.6) is 0 Å². The molecule has 7 heteroatoms. The zero-order valence-corrected chi connectivity index (χ0v) is 12.2. The standard InChI is InChI=1S/C13H25BN2O4/c1-16(2)8-12-7-10(12)6-9(4-3-5-14(19)20)13(12,15)11(17)18/h9-10,19-20H,3-8,15H2,1-2H3,(H,17,18)/t9?,10-,12-,13?/m1/s1. The normalized spacial score (nSPS) is 38.9. The van der Waals surface area contributed by atoms with E-state index in [1.165, 1.54) is 0 Å². The number of hydrogen-bond acceptors (Lipinski definition) is 5. The fourth-order valence-electron chi connectivity index (χ4n) is 4.30. The van der Waals surface area contributed by atoms with Crippen LogP contribution in [0.25, 0.3) is 0 Å². The van der Waals surface area contributed by atoms with Crippen molar-refractivity contribution in [2.45, 2.75) is 37.5 Å². The number of aliphatic carboxylic acids is 1. The van der Waals surface area contributed by atoms with Crippen LogP contribution in [0.1, 0.15) is 25.7 Å². The highest BCUT2D eigenvalue weighted by Crippen LogP contribution is 2.70. The summed E-state index contributed by atoms with van der Waals surface area (Å²) in [4.78, 5) is 13.8. The number of rotatable bonds is 7. The zero-order valence-electron chi connectivity index (χ0n) is 12.2. The van der Waals surface area contributed by atoms with E-state index in [0.717, 1.165) is 12.8 Å². The Bertz CT molecular complexity index is 393. The minimum atomic E-state index is -1.32. The third-order valence-corrected chi connectivity index (χ3v) is 5.24. The van der Waals surface area contributed by atoms with Crippen molar-refractivity contribution in [3.05, 3.63) is 0 Å². The average Bonchev–Trinajstić information content (AvgIpc) is 2.93. The first-order chi connectivity index (χ1) is 9.24. The molecule has 2 fully saturated rings. The molecule has 2 aliphatic carbocycles. The van der Waals surface area contributed by atoms with Gasteiger partial charge in [-0.25, -0.2) is 0 Å². The quantitative estimate of drug-likeness (QED) is 0.474. The highest BCUT2D eigenvalue weighted by atomic mass is 16.4. The summed E-state index contributed by atoms with van der Waals surface area (Å²) in [7, 11) is 2.57. The molecule has 0 aliphatic heterocycles. The van der Waals surface area contributed by atoms with E-state index >= 15 is 0 Å². The Morgan fingerprint density at radius 2 is 2.10 bits per heavy atom. The van der Waals surface area contributed by atoms with Gasteiger partial charge in [-0.3, -0.25) is 4.79 Å². The molecule has 0 spiro atoms. The van der Waals surface area contributed by atoms with Gasteiger partial charge in [-0.15, -0.1) is 0 Å². The number of nitrogens with zero attached hydrogens (tertiary/aromatic N) is 1. The van der Waals surface area contributed by atoms with E-state index in [1.807, 2.05) is 19.0 Å². The van der Waals surface area contributed by atoms with Crippen molar-refractivity contribution in [2.75, 3.05) is 20.6 Å². The van der Waals surface area contributed by atoms with Gasteiger partial charge < -0.3 is 25.8 Å². The molecule has 0 aromatic heterocycles. The lowest BCUT2D eigenvalue weighted by Crippen LogP contribution is -2.60. The summed E-state index contributed by atoms with van der Waals surface area (Å²) >= 11 is 0. The van der Waals surface area contributed by atoms with Crippen LogP contribution in [-0.4, -0.2) is 59.3 Å². The van der Waals surface area contributed by atoms with Crippen LogP contribution in [0.15, 0.2) is 0 Å². The molecule has 2 saturated carbocycles. The largest absolute Gasteiger partial charge is 0.480 e. The Labute approximate surface area is 120 Å². The monoisotopic (exact) mass is 284 g/mol. The van der Waals surface area contributed by atoms with Crippen molar-refractivity contribution in [2.24, 2.45) is 23.0 Å². The minimum absolute atomic E-state index is 0.0718. The van der Waals surface area contributed by atoms with E-state index in [2.05, 4.69) is 0 Å². The molecule has 6 nitrogen and oxygen atoms in total. The number of carboxylic acids is 1. The molecule has 20 heavy (non-hydrogen) atoms. The second-order valence-electron chi connectivity index (χ2n) is 6.81. The van der Waals surface area contributed by atoms with Crippen LogP contribution < -0.4 is 5.73 Å². The van der Waals surface area contributed by atoms with Crippen molar-refractivity contribution in [3.8, 4) is 0 Å². The van der Waals surface area contributed by atoms with Gasteiger partial charge in [0.1, 0.15) is 5.54 Å². The first-order valence-electron chi connectivity index (χ1n) is 7.27. The molecular formula is C13H25BN2O4. The summed E-state index contributed by atoms with van der Waals surface area (Å²) in [5, 5.41) is 27.5. The van der Waals surface area contributed by atoms with E-state index in [0.29, 0.717) is 25.3 Å². The highest BCUT2D eigenvalue weighted by molar-refractivity contribution is 6.40. The van der Waals surface area contributed by atoms with Crippen LogP contribution in [0.2, 0.25) is 6.32 Å². The predicted molar refractivity (Wildman–Crippen MR) is 76.0 cm³/mol. The Morgan fingerprint density at radius 3 is 2.60 bits per heavy atom. The maximum atomic E-state index is 11.8. The summed E-state index contributed by atoms with van der Waals surface area (Å²) in [5.41, 5.74) is 4.90. The lowest BCUT2D eigenvalue weighted by molar-refractivity contribution is -0.148. The molecule has 2 unspecified atom stereocenters. The smallest absolute Gasteiger partial charge is 0.451 e. The van der Waals surface area contributed by atoms with Gasteiger partial charge in [0.2, 0.25) is 0 Å². The third kappa shape index (κ3) is 2.37. The fourth-order valence-corrected chi connectivity index (χ4v) is 4.30. The molecule has 0 bridgehead atoms. The highest BCUT2D eigenvalue weighted by Gasteiger charge is 2.75. The van der Waals surface area contributed by atoms with Crippen molar-refractivity contribution < 1.29 is 19.9 Å². The zero-order chi connectivity index (χ0) is 15.1. The van der Waals surface area contributed by atoms with Gasteiger partial charge in [-0.1, -0.05) is 6.42 Å². The Hall–Kier alpha value is -0.625. The second-order valence-corrected chi connectivity index (χ2v) is 6.81. The molecule has 0 aromatic carbocycles. The molecule has 2 aliphatic rings. The van der Waals surface area contributed by atoms with Gasteiger partial charge in [0, 0.05) is 12.0 Å². The first-order valence-corrected chi connectivity index (χ1v) is 7.27. The maximum Gasteiger partial charge on any atom is 0.451 e. The maximum absolute atomic E-state index is 11.8. The van der Waals surface area contributed by atoms with Crippen molar-refractivity contribution in [1.29, 1.82) is 0 Å². The number of carboxylic acid groups (broad SMARTS) is 1. The van der Waals surface area contributed by atoms with Gasteiger partial charge in [0.05, 0.1) is 0 Å². The molecule has 0 saturated heterocycles. The van der Waals surface area contributed by atoms with E-state index in [9.17, 15) is 9.90 Å². The van der Waals surface area contributed by atoms with E-state index in [4.69, 9.17) is 15.8 Å². The van der Waals surface area contributed by atoms with Gasteiger partial charge >= 0.3 is 13.1 Å². The van der Waals surface area contributed by atoms with Crippen LogP contribution in [0.3, 0.4) is 0 Å². The van der Waals surface area contributed by atoms with Gasteiger partial charge in [-0.2, -0.15) is 0 Å². The molecule has 4 atom stereocenters. The third-order valence-electron chi connectivity index (χ3n) is 5.24. The Kier molecular flexibility index (Phi) is 4.17. The number of hydrogen-bond donors (Lipinski definition) is 4. The van der Waals surface area contributed by atoms with Gasteiger partial charge in [-0.05, 0) is 51.5 Å². The topological polar surface area (TPSA) is 107 Å². The summed E-state index contributed by atoms with van der Waals surface area (Å²) < 4.78 is 0. The molecule has 5 N–H and O–H groups in total. The van der Waals surface area contributed by atoms with Crippen molar-refractivity contribution >= 4 is 13.1 Å². The van der Waals surface area contributed by atoms with Crippen LogP contribution in [-0.2, 0) is 4.79 Å². The molecular weight excluding hydrogens is 259 g/mol. The lowest BCUT2D eigenvalue weighted by atomic mass is 9.72. The first kappa shape index (κ1) is 15.8. The molecule has 0 amide bonds. The van der Waals surface area contributed by atoms with Crippen molar-refractivity contribution in [3.63, 3.8) is 0 Å². The van der Waals surface area contributed by atoms with Crippen LogP contribution in [0.4, 0.5) is 0 Å². The minimum Gasteiger partial charge on any atom is -0.480 e. The fraction of sp³-hybridized carbons (Fsp3) is 0.923. The van der Waals surface area contributed by atoms with Crippen molar-refractivity contribution in [1.82, 2.24) is 4.90 Å².